The monoisotopic (exact) mass is 269 g/mol. The van der Waals surface area contributed by atoms with Crippen LogP contribution >= 0.6 is 0 Å². The van der Waals surface area contributed by atoms with Gasteiger partial charge in [0.15, 0.2) is 0 Å². The van der Waals surface area contributed by atoms with E-state index in [-0.39, 0.29) is 0 Å². The van der Waals surface area contributed by atoms with E-state index in [2.05, 4.69) is 15.1 Å². The highest BCUT2D eigenvalue weighted by Gasteiger charge is 2.18. The highest BCUT2D eigenvalue weighted by atomic mass is 16.5. The molecule has 2 saturated heterocycles. The van der Waals surface area contributed by atoms with Crippen LogP contribution in [0, 0.1) is 0 Å². The van der Waals surface area contributed by atoms with E-state index in [1.54, 1.807) is 7.11 Å². The van der Waals surface area contributed by atoms with E-state index in [1.165, 1.54) is 71.4 Å². The van der Waals surface area contributed by atoms with Crippen molar-refractivity contribution >= 4 is 0 Å². The molecule has 4 heteroatoms. The van der Waals surface area contributed by atoms with Crippen LogP contribution in [0.25, 0.3) is 0 Å². The van der Waals surface area contributed by atoms with Gasteiger partial charge in [-0.25, -0.2) is 0 Å². The van der Waals surface area contributed by atoms with Gasteiger partial charge in [0.25, 0.3) is 0 Å². The molecule has 2 aliphatic heterocycles. The van der Waals surface area contributed by atoms with Crippen LogP contribution in [0.2, 0.25) is 0 Å². The van der Waals surface area contributed by atoms with Crippen LogP contribution in [-0.4, -0.2) is 75.4 Å². The summed E-state index contributed by atoms with van der Waals surface area (Å²) in [6.45, 7) is 9.48. The van der Waals surface area contributed by atoms with Gasteiger partial charge in [-0.1, -0.05) is 0 Å². The summed E-state index contributed by atoms with van der Waals surface area (Å²) < 4.78 is 5.24. The molecule has 1 N–H and O–H groups in total. The van der Waals surface area contributed by atoms with E-state index in [9.17, 15) is 0 Å². The van der Waals surface area contributed by atoms with Gasteiger partial charge >= 0.3 is 0 Å². The lowest BCUT2D eigenvalue weighted by Gasteiger charge is -2.26. The molecule has 2 aliphatic rings. The van der Waals surface area contributed by atoms with Gasteiger partial charge < -0.3 is 15.0 Å². The number of rotatable bonds is 9. The lowest BCUT2D eigenvalue weighted by atomic mass is 10.2. The SMILES string of the molecule is COCCN(CCCN1CCCC1)CC1CCCN1. The number of likely N-dealkylation sites (tertiary alicyclic amines) is 1. The average molecular weight is 269 g/mol. The Labute approximate surface area is 118 Å². The summed E-state index contributed by atoms with van der Waals surface area (Å²) in [5.41, 5.74) is 0. The van der Waals surface area contributed by atoms with E-state index in [4.69, 9.17) is 4.74 Å². The van der Waals surface area contributed by atoms with E-state index in [0.717, 1.165) is 13.2 Å². The van der Waals surface area contributed by atoms with Crippen LogP contribution in [-0.2, 0) is 4.74 Å². The summed E-state index contributed by atoms with van der Waals surface area (Å²) in [6, 6.07) is 0.712. The van der Waals surface area contributed by atoms with Crippen molar-refractivity contribution in [3.05, 3.63) is 0 Å². The third-order valence-corrected chi connectivity index (χ3v) is 4.40. The normalized spacial score (nSPS) is 24.6. The van der Waals surface area contributed by atoms with Crippen molar-refractivity contribution in [1.29, 1.82) is 0 Å². The Morgan fingerprint density at radius 1 is 1.21 bits per heavy atom. The van der Waals surface area contributed by atoms with Gasteiger partial charge in [0, 0.05) is 26.2 Å². The minimum atomic E-state index is 0.712. The smallest absolute Gasteiger partial charge is 0.0589 e. The lowest BCUT2D eigenvalue weighted by molar-refractivity contribution is 0.138. The zero-order valence-corrected chi connectivity index (χ0v) is 12.6. The van der Waals surface area contributed by atoms with Crippen molar-refractivity contribution in [2.24, 2.45) is 0 Å². The molecule has 4 nitrogen and oxygen atoms in total. The predicted molar refractivity (Wildman–Crippen MR) is 79.6 cm³/mol. The van der Waals surface area contributed by atoms with Crippen molar-refractivity contribution in [2.75, 3.05) is 59.5 Å². The molecule has 112 valence electrons. The first-order valence-electron chi connectivity index (χ1n) is 8.05. The molecule has 0 aromatic carbocycles. The molecule has 2 fully saturated rings. The average Bonchev–Trinajstić information content (AvgIpc) is 3.08. The summed E-state index contributed by atoms with van der Waals surface area (Å²) in [5.74, 6) is 0. The Hall–Kier alpha value is -0.160. The summed E-state index contributed by atoms with van der Waals surface area (Å²) in [4.78, 5) is 5.20. The number of ether oxygens (including phenoxy) is 1. The largest absolute Gasteiger partial charge is 0.383 e. The van der Waals surface area contributed by atoms with E-state index in [1.807, 2.05) is 0 Å². The second-order valence-electron chi connectivity index (χ2n) is 5.99. The summed E-state index contributed by atoms with van der Waals surface area (Å²) >= 11 is 0. The van der Waals surface area contributed by atoms with Crippen LogP contribution in [0.4, 0.5) is 0 Å². The summed E-state index contributed by atoms with van der Waals surface area (Å²) in [5, 5.41) is 3.60. The molecule has 2 heterocycles. The Morgan fingerprint density at radius 2 is 2.05 bits per heavy atom. The highest BCUT2D eigenvalue weighted by Crippen LogP contribution is 2.10. The molecular weight excluding hydrogens is 238 g/mol. The fourth-order valence-corrected chi connectivity index (χ4v) is 3.26. The molecule has 0 aromatic rings. The number of hydrogen-bond donors (Lipinski definition) is 1. The van der Waals surface area contributed by atoms with E-state index >= 15 is 0 Å². The second-order valence-corrected chi connectivity index (χ2v) is 5.99. The minimum Gasteiger partial charge on any atom is -0.383 e. The van der Waals surface area contributed by atoms with Gasteiger partial charge in [0.1, 0.15) is 0 Å². The maximum Gasteiger partial charge on any atom is 0.0589 e. The van der Waals surface area contributed by atoms with Gasteiger partial charge in [-0.15, -0.1) is 0 Å². The van der Waals surface area contributed by atoms with Crippen molar-refractivity contribution in [3.8, 4) is 0 Å². The quantitative estimate of drug-likeness (QED) is 0.680. The predicted octanol–water partition coefficient (Wildman–Crippen LogP) is 1.17. The fraction of sp³-hybridized carbons (Fsp3) is 1.00. The molecule has 0 bridgehead atoms. The van der Waals surface area contributed by atoms with Crippen LogP contribution in [0.3, 0.4) is 0 Å². The summed E-state index contributed by atoms with van der Waals surface area (Å²) in [6.07, 6.45) is 6.79. The molecule has 1 unspecified atom stereocenters. The lowest BCUT2D eigenvalue weighted by Crippen LogP contribution is -2.40. The molecule has 0 aliphatic carbocycles. The molecule has 2 rings (SSSR count). The van der Waals surface area contributed by atoms with Gasteiger partial charge in [0.05, 0.1) is 6.61 Å². The Kier molecular flexibility index (Phi) is 7.14. The van der Waals surface area contributed by atoms with Crippen molar-refractivity contribution in [3.63, 3.8) is 0 Å². The maximum atomic E-state index is 5.24. The van der Waals surface area contributed by atoms with Crippen LogP contribution in [0.15, 0.2) is 0 Å². The Bertz CT molecular complexity index is 225. The zero-order chi connectivity index (χ0) is 13.3. The van der Waals surface area contributed by atoms with Crippen molar-refractivity contribution in [1.82, 2.24) is 15.1 Å². The zero-order valence-electron chi connectivity index (χ0n) is 12.6. The van der Waals surface area contributed by atoms with Crippen molar-refractivity contribution in [2.45, 2.75) is 38.1 Å². The first-order valence-corrected chi connectivity index (χ1v) is 8.05. The molecule has 1 atom stereocenters. The van der Waals surface area contributed by atoms with Crippen molar-refractivity contribution < 1.29 is 4.74 Å². The summed E-state index contributed by atoms with van der Waals surface area (Å²) in [7, 11) is 1.80. The number of methoxy groups -OCH3 is 1. The Balaban J connectivity index is 1.63. The van der Waals surface area contributed by atoms with Gasteiger partial charge in [-0.3, -0.25) is 4.90 Å². The second kappa shape index (κ2) is 8.90. The minimum absolute atomic E-state index is 0.712. The number of hydrogen-bond acceptors (Lipinski definition) is 4. The maximum absolute atomic E-state index is 5.24. The number of nitrogens with one attached hydrogen (secondary N) is 1. The fourth-order valence-electron chi connectivity index (χ4n) is 3.26. The molecular formula is C15H31N3O. The third kappa shape index (κ3) is 5.78. The topological polar surface area (TPSA) is 27.7 Å². The molecule has 0 aromatic heterocycles. The van der Waals surface area contributed by atoms with Gasteiger partial charge in [-0.2, -0.15) is 0 Å². The van der Waals surface area contributed by atoms with E-state index in [0.29, 0.717) is 6.04 Å². The third-order valence-electron chi connectivity index (χ3n) is 4.40. The molecule has 0 radical (unpaired) electrons. The first-order chi connectivity index (χ1) is 9.38. The highest BCUT2D eigenvalue weighted by molar-refractivity contribution is 4.78. The molecule has 0 saturated carbocycles. The molecule has 0 spiro atoms. The standard InChI is InChI=1S/C15H31N3O/c1-19-13-12-18(14-15-6-4-7-16-15)11-5-10-17-8-2-3-9-17/h15-16H,2-14H2,1H3. The van der Waals surface area contributed by atoms with Gasteiger partial charge in [-0.05, 0) is 64.8 Å². The van der Waals surface area contributed by atoms with Crippen LogP contribution in [0.1, 0.15) is 32.1 Å². The van der Waals surface area contributed by atoms with Crippen LogP contribution in [0.5, 0.6) is 0 Å². The van der Waals surface area contributed by atoms with Crippen LogP contribution < -0.4 is 5.32 Å². The molecule has 0 amide bonds. The van der Waals surface area contributed by atoms with E-state index < -0.39 is 0 Å². The van der Waals surface area contributed by atoms with Gasteiger partial charge in [0.2, 0.25) is 0 Å². The Morgan fingerprint density at radius 3 is 2.74 bits per heavy atom. The number of nitrogens with zero attached hydrogens (tertiary/aromatic N) is 2. The molecule has 19 heavy (non-hydrogen) atoms. The first kappa shape index (κ1) is 15.2.